The zero-order valence-electron chi connectivity index (χ0n) is 14.9. The van der Waals surface area contributed by atoms with Crippen LogP contribution >= 0.6 is 23.7 Å². The summed E-state index contributed by atoms with van der Waals surface area (Å²) in [4.78, 5) is 25.5. The fourth-order valence-corrected chi connectivity index (χ4v) is 3.02. The van der Waals surface area contributed by atoms with Crippen LogP contribution < -0.4 is 16.0 Å². The van der Waals surface area contributed by atoms with Gasteiger partial charge in [-0.25, -0.2) is 0 Å². The minimum absolute atomic E-state index is 0. The van der Waals surface area contributed by atoms with Crippen molar-refractivity contribution in [3.8, 4) is 0 Å². The van der Waals surface area contributed by atoms with Crippen molar-refractivity contribution in [2.75, 3.05) is 19.6 Å². The zero-order chi connectivity index (χ0) is 17.9. The second-order valence-electron chi connectivity index (χ2n) is 5.73. The Morgan fingerprint density at radius 2 is 1.81 bits per heavy atom. The third-order valence-corrected chi connectivity index (χ3v) is 4.55. The highest BCUT2D eigenvalue weighted by Crippen LogP contribution is 2.10. The maximum atomic E-state index is 12.5. The molecule has 1 heterocycles. The highest BCUT2D eigenvalue weighted by molar-refractivity contribution is 7.12. The van der Waals surface area contributed by atoms with Crippen molar-refractivity contribution in [1.82, 2.24) is 16.0 Å². The number of rotatable bonds is 10. The first-order chi connectivity index (χ1) is 12.2. The number of carbonyl (C=O) groups excluding carboxylic acids is 2. The molecule has 1 unspecified atom stereocenters. The van der Waals surface area contributed by atoms with Crippen LogP contribution in [0, 0.1) is 0 Å². The number of benzene rings is 1. The van der Waals surface area contributed by atoms with Gasteiger partial charge in [0, 0.05) is 19.5 Å². The van der Waals surface area contributed by atoms with E-state index < -0.39 is 6.04 Å². The molecule has 2 aromatic rings. The van der Waals surface area contributed by atoms with Crippen LogP contribution in [0.5, 0.6) is 0 Å². The molecule has 2 amide bonds. The van der Waals surface area contributed by atoms with Gasteiger partial charge >= 0.3 is 0 Å². The monoisotopic (exact) mass is 395 g/mol. The molecule has 1 atom stereocenters. The average Bonchev–Trinajstić information content (AvgIpc) is 3.16. The Bertz CT molecular complexity index is 650. The van der Waals surface area contributed by atoms with Crippen LogP contribution in [0.4, 0.5) is 0 Å². The van der Waals surface area contributed by atoms with E-state index in [4.69, 9.17) is 0 Å². The lowest BCUT2D eigenvalue weighted by Crippen LogP contribution is -2.49. The van der Waals surface area contributed by atoms with Crippen molar-refractivity contribution in [1.29, 1.82) is 0 Å². The van der Waals surface area contributed by atoms with E-state index in [1.165, 1.54) is 11.3 Å². The number of halogens is 1. The second-order valence-corrected chi connectivity index (χ2v) is 6.68. The molecule has 26 heavy (non-hydrogen) atoms. The molecule has 0 bridgehead atoms. The zero-order valence-corrected chi connectivity index (χ0v) is 16.5. The van der Waals surface area contributed by atoms with Crippen LogP contribution in [0.1, 0.15) is 28.6 Å². The van der Waals surface area contributed by atoms with Crippen molar-refractivity contribution < 1.29 is 9.59 Å². The summed E-state index contributed by atoms with van der Waals surface area (Å²) in [5, 5.41) is 10.8. The third-order valence-electron chi connectivity index (χ3n) is 3.68. The topological polar surface area (TPSA) is 70.2 Å². The molecule has 7 heteroatoms. The normalized spacial score (nSPS) is 11.3. The molecular weight excluding hydrogens is 370 g/mol. The molecule has 0 spiro atoms. The quantitative estimate of drug-likeness (QED) is 0.541. The molecule has 1 aromatic carbocycles. The average molecular weight is 396 g/mol. The maximum absolute atomic E-state index is 12.5. The summed E-state index contributed by atoms with van der Waals surface area (Å²) >= 11 is 1.36. The van der Waals surface area contributed by atoms with E-state index in [0.29, 0.717) is 17.8 Å². The molecule has 0 saturated heterocycles. The van der Waals surface area contributed by atoms with Gasteiger partial charge in [-0.3, -0.25) is 9.59 Å². The van der Waals surface area contributed by atoms with E-state index >= 15 is 0 Å². The number of hydrogen-bond acceptors (Lipinski definition) is 4. The summed E-state index contributed by atoms with van der Waals surface area (Å²) in [5.41, 5.74) is 1.01. The van der Waals surface area contributed by atoms with Crippen molar-refractivity contribution in [3.05, 3.63) is 58.3 Å². The summed E-state index contributed by atoms with van der Waals surface area (Å²) in [6, 6.07) is 12.7. The van der Waals surface area contributed by atoms with Crippen LogP contribution in [-0.2, 0) is 11.2 Å². The van der Waals surface area contributed by atoms with Crippen LogP contribution in [0.2, 0.25) is 0 Å². The summed E-state index contributed by atoms with van der Waals surface area (Å²) in [5.74, 6) is -0.373. The van der Waals surface area contributed by atoms with Gasteiger partial charge in [0.15, 0.2) is 0 Å². The Morgan fingerprint density at radius 3 is 2.46 bits per heavy atom. The molecule has 0 fully saturated rings. The van der Waals surface area contributed by atoms with Gasteiger partial charge < -0.3 is 16.0 Å². The van der Waals surface area contributed by atoms with Crippen molar-refractivity contribution in [2.24, 2.45) is 0 Å². The van der Waals surface area contributed by atoms with Crippen LogP contribution in [-0.4, -0.2) is 37.5 Å². The summed E-state index contributed by atoms with van der Waals surface area (Å²) in [6.07, 6.45) is 1.52. The molecule has 0 aliphatic carbocycles. The first-order valence-corrected chi connectivity index (χ1v) is 9.45. The molecule has 3 N–H and O–H groups in total. The van der Waals surface area contributed by atoms with Crippen LogP contribution in [0.3, 0.4) is 0 Å². The van der Waals surface area contributed by atoms with Gasteiger partial charge in [0.1, 0.15) is 6.04 Å². The number of nitrogens with one attached hydrogen (secondary N) is 3. The lowest BCUT2D eigenvalue weighted by molar-refractivity contribution is -0.122. The standard InChI is InChI=1S/C19H25N3O2S.ClH/c1-2-10-20-11-12-21-18(23)16(14-15-7-4-3-5-8-15)22-19(24)17-9-6-13-25-17;/h3-9,13,16,20H,2,10-12,14H2,1H3,(H,21,23)(H,22,24);1H. The summed E-state index contributed by atoms with van der Waals surface area (Å²) < 4.78 is 0. The van der Waals surface area contributed by atoms with Gasteiger partial charge in [-0.15, -0.1) is 23.7 Å². The van der Waals surface area contributed by atoms with Crippen molar-refractivity contribution >= 4 is 35.6 Å². The van der Waals surface area contributed by atoms with Crippen LogP contribution in [0.15, 0.2) is 47.8 Å². The second kappa shape index (κ2) is 12.5. The van der Waals surface area contributed by atoms with Gasteiger partial charge in [-0.1, -0.05) is 43.3 Å². The molecule has 0 aliphatic heterocycles. The molecule has 142 valence electrons. The molecule has 1 aromatic heterocycles. The highest BCUT2D eigenvalue weighted by Gasteiger charge is 2.22. The Balaban J connectivity index is 0.00000338. The Hall–Kier alpha value is -1.89. The SMILES string of the molecule is CCCNCCNC(=O)C(Cc1ccccc1)NC(=O)c1cccs1.Cl. The fourth-order valence-electron chi connectivity index (χ4n) is 2.40. The predicted octanol–water partition coefficient (Wildman–Crippen LogP) is 2.63. The largest absolute Gasteiger partial charge is 0.353 e. The van der Waals surface area contributed by atoms with Crippen molar-refractivity contribution in [2.45, 2.75) is 25.8 Å². The van der Waals surface area contributed by atoms with Gasteiger partial charge in [-0.05, 0) is 30.0 Å². The number of amides is 2. The first kappa shape index (κ1) is 22.2. The summed E-state index contributed by atoms with van der Waals surface area (Å²) in [7, 11) is 0. The van der Waals surface area contributed by atoms with E-state index in [-0.39, 0.29) is 24.2 Å². The Labute approximate surface area is 165 Å². The molecular formula is C19H26ClN3O2S. The minimum atomic E-state index is -0.594. The van der Waals surface area contributed by atoms with E-state index in [9.17, 15) is 9.59 Å². The fraction of sp³-hybridized carbons (Fsp3) is 0.368. The third kappa shape index (κ3) is 7.56. The highest BCUT2D eigenvalue weighted by atomic mass is 35.5. The van der Waals surface area contributed by atoms with Crippen LogP contribution in [0.25, 0.3) is 0 Å². The molecule has 0 radical (unpaired) electrons. The first-order valence-electron chi connectivity index (χ1n) is 8.57. The van der Waals surface area contributed by atoms with Gasteiger partial charge in [0.05, 0.1) is 4.88 Å². The van der Waals surface area contributed by atoms with Crippen molar-refractivity contribution in [3.63, 3.8) is 0 Å². The molecule has 0 saturated carbocycles. The summed E-state index contributed by atoms with van der Waals surface area (Å²) in [6.45, 7) is 4.29. The van der Waals surface area contributed by atoms with Gasteiger partial charge in [0.25, 0.3) is 5.91 Å². The van der Waals surface area contributed by atoms with Gasteiger partial charge in [0.2, 0.25) is 5.91 Å². The van der Waals surface area contributed by atoms with E-state index in [1.54, 1.807) is 6.07 Å². The van der Waals surface area contributed by atoms with Gasteiger partial charge in [-0.2, -0.15) is 0 Å². The Morgan fingerprint density at radius 1 is 1.04 bits per heavy atom. The predicted molar refractivity (Wildman–Crippen MR) is 109 cm³/mol. The lowest BCUT2D eigenvalue weighted by Gasteiger charge is -2.18. The molecule has 5 nitrogen and oxygen atoms in total. The van der Waals surface area contributed by atoms with E-state index in [1.807, 2.05) is 41.8 Å². The number of thiophene rings is 1. The molecule has 2 rings (SSSR count). The van der Waals surface area contributed by atoms with E-state index in [2.05, 4.69) is 22.9 Å². The number of carbonyl (C=O) groups is 2. The number of hydrogen-bond donors (Lipinski definition) is 3. The lowest BCUT2D eigenvalue weighted by atomic mass is 10.1. The maximum Gasteiger partial charge on any atom is 0.262 e. The Kier molecular flexibility index (Phi) is 10.6. The molecule has 0 aliphatic rings. The minimum Gasteiger partial charge on any atom is -0.353 e. The smallest absolute Gasteiger partial charge is 0.262 e. The van der Waals surface area contributed by atoms with E-state index in [0.717, 1.165) is 25.1 Å².